The molecule has 1 aromatic rings. The van der Waals surface area contributed by atoms with Gasteiger partial charge in [-0.05, 0) is 17.5 Å². The molecule has 1 rings (SSSR count). The van der Waals surface area contributed by atoms with Gasteiger partial charge in [-0.2, -0.15) is 0 Å². The van der Waals surface area contributed by atoms with E-state index < -0.39 is 0 Å². The van der Waals surface area contributed by atoms with Crippen LogP contribution in [0, 0.1) is 0 Å². The highest BCUT2D eigenvalue weighted by atomic mass is 16.5. The van der Waals surface area contributed by atoms with Gasteiger partial charge in [0.25, 0.3) is 0 Å². The summed E-state index contributed by atoms with van der Waals surface area (Å²) in [5.41, 5.74) is 2.27. The summed E-state index contributed by atoms with van der Waals surface area (Å²) in [6.07, 6.45) is 0. The third-order valence-electron chi connectivity index (χ3n) is 2.72. The summed E-state index contributed by atoms with van der Waals surface area (Å²) < 4.78 is 10.6. The van der Waals surface area contributed by atoms with E-state index in [0.29, 0.717) is 31.1 Å². The maximum atomic E-state index is 5.62. The van der Waals surface area contributed by atoms with Crippen molar-refractivity contribution in [3.05, 3.63) is 23.4 Å². The van der Waals surface area contributed by atoms with E-state index in [9.17, 15) is 0 Å². The zero-order valence-electron chi connectivity index (χ0n) is 12.7. The lowest BCUT2D eigenvalue weighted by molar-refractivity contribution is 0.143. The van der Waals surface area contributed by atoms with E-state index in [4.69, 9.17) is 9.47 Å². The molecule has 0 atom stereocenters. The topological polar surface area (TPSA) is 43.4 Å². The van der Waals surface area contributed by atoms with E-state index in [1.807, 2.05) is 6.07 Å². The average Bonchev–Trinajstić information content (AvgIpc) is 2.36. The Morgan fingerprint density at radius 1 is 1.16 bits per heavy atom. The Morgan fingerprint density at radius 3 is 2.47 bits per heavy atom. The SMILES string of the molecule is COCCOc1cc(CNC(C)C)cc(C(C)C)n1. The molecule has 0 unspecified atom stereocenters. The molecule has 19 heavy (non-hydrogen) atoms. The summed E-state index contributed by atoms with van der Waals surface area (Å²) in [7, 11) is 1.67. The zero-order chi connectivity index (χ0) is 14.3. The Morgan fingerprint density at radius 2 is 1.89 bits per heavy atom. The van der Waals surface area contributed by atoms with E-state index in [2.05, 4.69) is 44.1 Å². The summed E-state index contributed by atoms with van der Waals surface area (Å²) in [4.78, 5) is 4.53. The zero-order valence-corrected chi connectivity index (χ0v) is 12.7. The number of nitrogens with zero attached hydrogens (tertiary/aromatic N) is 1. The van der Waals surface area contributed by atoms with Crippen LogP contribution >= 0.6 is 0 Å². The van der Waals surface area contributed by atoms with Gasteiger partial charge >= 0.3 is 0 Å². The molecule has 0 fully saturated rings. The first kappa shape index (κ1) is 15.9. The van der Waals surface area contributed by atoms with Crippen molar-refractivity contribution in [2.45, 2.75) is 46.2 Å². The molecule has 0 radical (unpaired) electrons. The monoisotopic (exact) mass is 266 g/mol. The minimum atomic E-state index is 0.392. The predicted octanol–water partition coefficient (Wildman–Crippen LogP) is 2.73. The lowest BCUT2D eigenvalue weighted by atomic mass is 10.1. The molecule has 0 bridgehead atoms. The van der Waals surface area contributed by atoms with Crippen molar-refractivity contribution in [1.29, 1.82) is 0 Å². The molecule has 4 heteroatoms. The van der Waals surface area contributed by atoms with Crippen molar-refractivity contribution in [2.24, 2.45) is 0 Å². The molecule has 1 aromatic heterocycles. The summed E-state index contributed by atoms with van der Waals surface area (Å²) >= 11 is 0. The van der Waals surface area contributed by atoms with Crippen molar-refractivity contribution in [3.8, 4) is 5.88 Å². The van der Waals surface area contributed by atoms with Crippen LogP contribution in [0.2, 0.25) is 0 Å². The van der Waals surface area contributed by atoms with Gasteiger partial charge in [0.2, 0.25) is 5.88 Å². The predicted molar refractivity (Wildman–Crippen MR) is 77.7 cm³/mol. The van der Waals surface area contributed by atoms with Gasteiger partial charge < -0.3 is 14.8 Å². The van der Waals surface area contributed by atoms with Crippen LogP contribution in [0.5, 0.6) is 5.88 Å². The number of pyridine rings is 1. The van der Waals surface area contributed by atoms with Gasteiger partial charge in [0.15, 0.2) is 0 Å². The third-order valence-corrected chi connectivity index (χ3v) is 2.72. The van der Waals surface area contributed by atoms with Gasteiger partial charge in [-0.3, -0.25) is 0 Å². The van der Waals surface area contributed by atoms with Gasteiger partial charge in [0.05, 0.1) is 6.61 Å². The van der Waals surface area contributed by atoms with Crippen LogP contribution in [-0.4, -0.2) is 31.3 Å². The summed E-state index contributed by atoms with van der Waals surface area (Å²) in [5, 5.41) is 3.41. The van der Waals surface area contributed by atoms with Crippen LogP contribution in [-0.2, 0) is 11.3 Å². The summed E-state index contributed by atoms with van der Waals surface area (Å²) in [6, 6.07) is 4.61. The molecule has 4 nitrogen and oxygen atoms in total. The standard InChI is InChI=1S/C15H26N2O2/c1-11(2)14-8-13(10-16-12(3)4)9-15(17-14)19-7-6-18-5/h8-9,11-12,16H,6-7,10H2,1-5H3. The highest BCUT2D eigenvalue weighted by molar-refractivity contribution is 5.26. The fourth-order valence-corrected chi connectivity index (χ4v) is 1.61. The lowest BCUT2D eigenvalue weighted by Gasteiger charge is -2.13. The van der Waals surface area contributed by atoms with E-state index in [-0.39, 0.29) is 0 Å². The van der Waals surface area contributed by atoms with Crippen molar-refractivity contribution in [1.82, 2.24) is 10.3 Å². The normalized spacial score (nSPS) is 11.3. The molecule has 0 amide bonds. The highest BCUT2D eigenvalue weighted by Gasteiger charge is 2.07. The van der Waals surface area contributed by atoms with Crippen molar-refractivity contribution < 1.29 is 9.47 Å². The Balaban J connectivity index is 2.78. The van der Waals surface area contributed by atoms with Crippen molar-refractivity contribution >= 4 is 0 Å². The van der Waals surface area contributed by atoms with Crippen LogP contribution in [0.25, 0.3) is 0 Å². The van der Waals surface area contributed by atoms with Gasteiger partial charge in [-0.15, -0.1) is 0 Å². The Kier molecular flexibility index (Phi) is 6.81. The van der Waals surface area contributed by atoms with Crippen LogP contribution in [0.15, 0.2) is 12.1 Å². The van der Waals surface area contributed by atoms with Crippen LogP contribution in [0.1, 0.15) is 44.9 Å². The van der Waals surface area contributed by atoms with E-state index in [1.54, 1.807) is 7.11 Å². The molecule has 0 aliphatic carbocycles. The second-order valence-corrected chi connectivity index (χ2v) is 5.27. The van der Waals surface area contributed by atoms with E-state index >= 15 is 0 Å². The molecule has 1 N–H and O–H groups in total. The number of aromatic nitrogens is 1. The van der Waals surface area contributed by atoms with Gasteiger partial charge in [-0.25, -0.2) is 4.98 Å². The van der Waals surface area contributed by atoms with E-state index in [0.717, 1.165) is 12.2 Å². The van der Waals surface area contributed by atoms with Crippen molar-refractivity contribution in [2.75, 3.05) is 20.3 Å². The van der Waals surface area contributed by atoms with Crippen LogP contribution < -0.4 is 10.1 Å². The lowest BCUT2D eigenvalue weighted by Crippen LogP contribution is -2.22. The van der Waals surface area contributed by atoms with Gasteiger partial charge in [0.1, 0.15) is 6.61 Å². The quantitative estimate of drug-likeness (QED) is 0.735. The maximum absolute atomic E-state index is 5.62. The first-order valence-electron chi connectivity index (χ1n) is 6.89. The molecular weight excluding hydrogens is 240 g/mol. The smallest absolute Gasteiger partial charge is 0.213 e. The second-order valence-electron chi connectivity index (χ2n) is 5.27. The Bertz CT molecular complexity index is 378. The molecule has 0 aromatic carbocycles. The molecule has 108 valence electrons. The third kappa shape index (κ3) is 6.03. The second kappa shape index (κ2) is 8.12. The average molecular weight is 266 g/mol. The molecule has 0 aliphatic heterocycles. The minimum Gasteiger partial charge on any atom is -0.475 e. The van der Waals surface area contributed by atoms with Crippen molar-refractivity contribution in [3.63, 3.8) is 0 Å². The molecule has 1 heterocycles. The number of ether oxygens (including phenoxy) is 2. The molecule has 0 saturated carbocycles. The molecule has 0 spiro atoms. The largest absolute Gasteiger partial charge is 0.475 e. The number of rotatable bonds is 8. The highest BCUT2D eigenvalue weighted by Crippen LogP contribution is 2.19. The van der Waals surface area contributed by atoms with Crippen LogP contribution in [0.4, 0.5) is 0 Å². The summed E-state index contributed by atoms with van der Waals surface area (Å²) in [5.74, 6) is 1.08. The van der Waals surface area contributed by atoms with Gasteiger partial charge in [0, 0.05) is 31.5 Å². The minimum absolute atomic E-state index is 0.392. The number of methoxy groups -OCH3 is 1. The molecule has 0 aliphatic rings. The first-order chi connectivity index (χ1) is 9.02. The Hall–Kier alpha value is -1.13. The number of hydrogen-bond donors (Lipinski definition) is 1. The summed E-state index contributed by atoms with van der Waals surface area (Å²) in [6.45, 7) is 10.5. The van der Waals surface area contributed by atoms with E-state index in [1.165, 1.54) is 5.56 Å². The maximum Gasteiger partial charge on any atom is 0.213 e. The van der Waals surface area contributed by atoms with Gasteiger partial charge in [-0.1, -0.05) is 27.7 Å². The molecule has 0 saturated heterocycles. The van der Waals surface area contributed by atoms with Crippen LogP contribution in [0.3, 0.4) is 0 Å². The number of hydrogen-bond acceptors (Lipinski definition) is 4. The molecular formula is C15H26N2O2. The number of nitrogens with one attached hydrogen (secondary N) is 1. The first-order valence-corrected chi connectivity index (χ1v) is 6.89. The fraction of sp³-hybridized carbons (Fsp3) is 0.667. The fourth-order valence-electron chi connectivity index (χ4n) is 1.61. The Labute approximate surface area is 116 Å².